The summed E-state index contributed by atoms with van der Waals surface area (Å²) in [6, 6.07) is 3.98. The summed E-state index contributed by atoms with van der Waals surface area (Å²) in [7, 11) is 0. The molecule has 5 nitrogen and oxygen atoms in total. The van der Waals surface area contributed by atoms with E-state index in [1.807, 2.05) is 0 Å². The van der Waals surface area contributed by atoms with Gasteiger partial charge in [-0.1, -0.05) is 18.2 Å². The number of nitro groups is 1. The maximum absolute atomic E-state index is 11.0. The summed E-state index contributed by atoms with van der Waals surface area (Å²) in [6.07, 6.45) is 1.03. The van der Waals surface area contributed by atoms with Crippen LogP contribution >= 0.6 is 11.6 Å². The third-order valence-electron chi connectivity index (χ3n) is 1.60. The molecule has 0 aliphatic rings. The Morgan fingerprint density at radius 2 is 2.27 bits per heavy atom. The van der Waals surface area contributed by atoms with E-state index in [2.05, 4.69) is 11.9 Å². The lowest BCUT2D eigenvalue weighted by molar-refractivity contribution is -0.383. The first-order chi connectivity index (χ1) is 7.04. The molecule has 1 N–H and O–H groups in total. The number of nitrogens with one attached hydrogen (secondary N) is 1. The van der Waals surface area contributed by atoms with Gasteiger partial charge in [-0.05, 0) is 18.2 Å². The molecule has 0 bridgehead atoms. The van der Waals surface area contributed by atoms with Crippen LogP contribution in [0.1, 0.15) is 0 Å². The smallest absolute Gasteiger partial charge is 0.294 e. The summed E-state index contributed by atoms with van der Waals surface area (Å²) in [6.45, 7) is 3.24. The Hall–Kier alpha value is -1.88. The molecule has 1 aromatic carbocycles. The van der Waals surface area contributed by atoms with Gasteiger partial charge < -0.3 is 5.32 Å². The van der Waals surface area contributed by atoms with Crippen LogP contribution in [0.25, 0.3) is 0 Å². The summed E-state index contributed by atoms with van der Waals surface area (Å²) >= 11 is 5.59. The van der Waals surface area contributed by atoms with E-state index in [9.17, 15) is 14.9 Å². The molecule has 0 aromatic heterocycles. The maximum atomic E-state index is 11.0. The van der Waals surface area contributed by atoms with Crippen LogP contribution in [0.15, 0.2) is 30.9 Å². The largest absolute Gasteiger partial charge is 0.317 e. The van der Waals surface area contributed by atoms with Gasteiger partial charge in [0.05, 0.1) is 4.92 Å². The van der Waals surface area contributed by atoms with Gasteiger partial charge in [-0.15, -0.1) is 0 Å². The minimum Gasteiger partial charge on any atom is -0.317 e. The van der Waals surface area contributed by atoms with Gasteiger partial charge in [0.2, 0.25) is 5.91 Å². The molecule has 0 saturated heterocycles. The fourth-order valence-corrected chi connectivity index (χ4v) is 1.11. The maximum Gasteiger partial charge on any atom is 0.294 e. The molecule has 0 aliphatic heterocycles. The Morgan fingerprint density at radius 3 is 2.80 bits per heavy atom. The van der Waals surface area contributed by atoms with E-state index < -0.39 is 10.8 Å². The second-order valence-corrected chi connectivity index (χ2v) is 3.05. The molecule has 0 atom stereocenters. The van der Waals surface area contributed by atoms with E-state index in [0.29, 0.717) is 0 Å². The summed E-state index contributed by atoms with van der Waals surface area (Å²) < 4.78 is 0. The van der Waals surface area contributed by atoms with Crippen molar-refractivity contribution in [1.29, 1.82) is 0 Å². The molecule has 78 valence electrons. The first kappa shape index (κ1) is 11.2. The molecule has 0 unspecified atom stereocenters. The molecule has 0 fully saturated rings. The van der Waals surface area contributed by atoms with Gasteiger partial charge in [-0.2, -0.15) is 0 Å². The number of carbonyl (C=O) groups excluding carboxylic acids is 1. The minimum atomic E-state index is -0.620. The van der Waals surface area contributed by atoms with Crippen molar-refractivity contribution in [2.24, 2.45) is 0 Å². The number of rotatable bonds is 3. The molecular weight excluding hydrogens is 220 g/mol. The van der Waals surface area contributed by atoms with Crippen LogP contribution in [0.5, 0.6) is 0 Å². The predicted octanol–water partition coefficient (Wildman–Crippen LogP) is 2.37. The molecule has 0 heterocycles. The Kier molecular flexibility index (Phi) is 3.41. The van der Waals surface area contributed by atoms with Gasteiger partial charge in [0.1, 0.15) is 5.69 Å². The van der Waals surface area contributed by atoms with Crippen molar-refractivity contribution in [3.05, 3.63) is 46.0 Å². The Labute approximate surface area is 90.5 Å². The molecule has 0 aliphatic carbocycles. The average molecular weight is 227 g/mol. The molecule has 15 heavy (non-hydrogen) atoms. The molecule has 0 spiro atoms. The van der Waals surface area contributed by atoms with Crippen LogP contribution < -0.4 is 5.32 Å². The highest BCUT2D eigenvalue weighted by Gasteiger charge is 2.15. The van der Waals surface area contributed by atoms with Crippen molar-refractivity contribution < 1.29 is 9.72 Å². The second-order valence-electron chi connectivity index (χ2n) is 2.61. The number of carbonyl (C=O) groups is 1. The zero-order valence-corrected chi connectivity index (χ0v) is 8.32. The Balaban J connectivity index is 3.11. The van der Waals surface area contributed by atoms with Crippen molar-refractivity contribution in [1.82, 2.24) is 0 Å². The number of halogens is 1. The van der Waals surface area contributed by atoms with Crippen molar-refractivity contribution in [3.8, 4) is 0 Å². The lowest BCUT2D eigenvalue weighted by Crippen LogP contribution is -2.09. The lowest BCUT2D eigenvalue weighted by atomic mass is 10.2. The van der Waals surface area contributed by atoms with Crippen molar-refractivity contribution >= 4 is 28.9 Å². The highest BCUT2D eigenvalue weighted by atomic mass is 35.5. The average Bonchev–Trinajstić information content (AvgIpc) is 2.20. The van der Waals surface area contributed by atoms with E-state index in [4.69, 9.17) is 11.6 Å². The molecule has 6 heteroatoms. The Morgan fingerprint density at radius 1 is 1.60 bits per heavy atom. The fraction of sp³-hybridized carbons (Fsp3) is 0. The van der Waals surface area contributed by atoms with Gasteiger partial charge in [-0.3, -0.25) is 14.9 Å². The van der Waals surface area contributed by atoms with Crippen molar-refractivity contribution in [3.63, 3.8) is 0 Å². The van der Waals surface area contributed by atoms with Crippen molar-refractivity contribution in [2.75, 3.05) is 5.32 Å². The van der Waals surface area contributed by atoms with Crippen LogP contribution in [-0.2, 0) is 4.79 Å². The van der Waals surface area contributed by atoms with Crippen LogP contribution in [0.2, 0.25) is 5.02 Å². The number of amides is 1. The van der Waals surface area contributed by atoms with Gasteiger partial charge in [-0.25, -0.2) is 0 Å². The van der Waals surface area contributed by atoms with Gasteiger partial charge in [0.15, 0.2) is 0 Å². The number of benzene rings is 1. The van der Waals surface area contributed by atoms with E-state index in [1.54, 1.807) is 0 Å². The first-order valence-corrected chi connectivity index (χ1v) is 4.29. The first-order valence-electron chi connectivity index (χ1n) is 3.92. The highest BCUT2D eigenvalue weighted by molar-refractivity contribution is 6.31. The number of nitrogens with zero attached hydrogens (tertiary/aromatic N) is 1. The number of anilines is 1. The number of hydrogen-bond donors (Lipinski definition) is 1. The van der Waals surface area contributed by atoms with Crippen LogP contribution in [0.4, 0.5) is 11.4 Å². The zero-order valence-electron chi connectivity index (χ0n) is 7.57. The quantitative estimate of drug-likeness (QED) is 0.489. The van der Waals surface area contributed by atoms with E-state index in [1.165, 1.54) is 18.2 Å². The number of nitro benzene ring substituents is 1. The standard InChI is InChI=1S/C9H7ClN2O3/c1-2-9(13)11-7-4-3-6(10)5-8(7)12(14)15/h2-5H,1H2,(H,11,13). The molecule has 0 radical (unpaired) electrons. The van der Waals surface area contributed by atoms with E-state index in [0.717, 1.165) is 6.08 Å². The highest BCUT2D eigenvalue weighted by Crippen LogP contribution is 2.27. The molecular formula is C9H7ClN2O3. The Bertz CT molecular complexity index is 431. The molecule has 1 amide bonds. The lowest BCUT2D eigenvalue weighted by Gasteiger charge is -2.03. The normalized spacial score (nSPS) is 9.40. The summed E-state index contributed by atoms with van der Waals surface area (Å²) in [5, 5.41) is 13.2. The molecule has 1 aromatic rings. The van der Waals surface area contributed by atoms with E-state index in [-0.39, 0.29) is 16.4 Å². The zero-order chi connectivity index (χ0) is 11.4. The topological polar surface area (TPSA) is 72.2 Å². The van der Waals surface area contributed by atoms with Gasteiger partial charge in [0.25, 0.3) is 5.69 Å². The van der Waals surface area contributed by atoms with Gasteiger partial charge >= 0.3 is 0 Å². The number of hydrogen-bond acceptors (Lipinski definition) is 3. The predicted molar refractivity (Wildman–Crippen MR) is 56.9 cm³/mol. The monoisotopic (exact) mass is 226 g/mol. The van der Waals surface area contributed by atoms with E-state index >= 15 is 0 Å². The summed E-state index contributed by atoms with van der Waals surface area (Å²) in [4.78, 5) is 20.9. The fourth-order valence-electron chi connectivity index (χ4n) is 0.945. The third-order valence-corrected chi connectivity index (χ3v) is 1.83. The van der Waals surface area contributed by atoms with Crippen LogP contribution in [-0.4, -0.2) is 10.8 Å². The minimum absolute atomic E-state index is 0.0919. The van der Waals surface area contributed by atoms with Crippen LogP contribution in [0.3, 0.4) is 0 Å². The van der Waals surface area contributed by atoms with Gasteiger partial charge in [0, 0.05) is 11.1 Å². The van der Waals surface area contributed by atoms with Crippen LogP contribution in [0, 0.1) is 10.1 Å². The molecule has 1 rings (SSSR count). The summed E-state index contributed by atoms with van der Waals surface area (Å²) in [5.74, 6) is -0.513. The molecule has 0 saturated carbocycles. The SMILES string of the molecule is C=CC(=O)Nc1ccc(Cl)cc1[N+](=O)[O-]. The summed E-state index contributed by atoms with van der Waals surface area (Å²) in [5.41, 5.74) is -0.160. The van der Waals surface area contributed by atoms with Crippen molar-refractivity contribution in [2.45, 2.75) is 0 Å². The third kappa shape index (κ3) is 2.78. The second kappa shape index (κ2) is 4.56.